The first kappa shape index (κ1) is 20.8. The Balaban J connectivity index is 1.22. The molecule has 164 valence electrons. The number of nitrogens with two attached hydrogens (primary N) is 1. The van der Waals surface area contributed by atoms with Crippen LogP contribution < -0.4 is 10.6 Å². The summed E-state index contributed by atoms with van der Waals surface area (Å²) in [5.41, 5.74) is 13.9. The van der Waals surface area contributed by atoms with Crippen LogP contribution in [0.3, 0.4) is 0 Å². The number of amides is 1. The third kappa shape index (κ3) is 3.91. The minimum Gasteiger partial charge on any atom is -0.448 e. The van der Waals surface area contributed by atoms with Gasteiger partial charge in [0.15, 0.2) is 0 Å². The van der Waals surface area contributed by atoms with Crippen molar-refractivity contribution in [3.05, 3.63) is 83.4 Å². The number of carbonyl (C=O) groups excluding carboxylic acids is 1. The van der Waals surface area contributed by atoms with E-state index in [1.165, 1.54) is 22.3 Å². The maximum atomic E-state index is 12.8. The fourth-order valence-electron chi connectivity index (χ4n) is 4.81. The molecule has 2 N–H and O–H groups in total. The molecule has 1 saturated heterocycles. The van der Waals surface area contributed by atoms with Crippen molar-refractivity contribution in [1.82, 2.24) is 4.90 Å². The van der Waals surface area contributed by atoms with Gasteiger partial charge in [0.25, 0.3) is 0 Å². The van der Waals surface area contributed by atoms with Gasteiger partial charge in [-0.2, -0.15) is 12.6 Å². The Bertz CT molecular complexity index is 1100. The topological polar surface area (TPSA) is 58.8 Å². The molecule has 0 bridgehead atoms. The molecular formula is C26H27N3O2S. The fraction of sp³-hybridized carbons (Fsp3) is 0.269. The van der Waals surface area contributed by atoms with Gasteiger partial charge in [0, 0.05) is 49.2 Å². The molecule has 32 heavy (non-hydrogen) atoms. The van der Waals surface area contributed by atoms with E-state index in [4.69, 9.17) is 10.5 Å². The van der Waals surface area contributed by atoms with Gasteiger partial charge in [0.05, 0.1) is 0 Å². The van der Waals surface area contributed by atoms with Crippen LogP contribution in [0.25, 0.3) is 11.1 Å². The van der Waals surface area contributed by atoms with E-state index < -0.39 is 0 Å². The highest BCUT2D eigenvalue weighted by Crippen LogP contribution is 2.44. The highest BCUT2D eigenvalue weighted by molar-refractivity contribution is 7.79. The van der Waals surface area contributed by atoms with Gasteiger partial charge in [-0.25, -0.2) is 4.79 Å². The Morgan fingerprint density at radius 1 is 0.938 bits per heavy atom. The first-order chi connectivity index (χ1) is 15.6. The monoisotopic (exact) mass is 445 g/mol. The molecule has 1 heterocycles. The lowest BCUT2D eigenvalue weighted by Crippen LogP contribution is -2.49. The highest BCUT2D eigenvalue weighted by atomic mass is 32.1. The summed E-state index contributed by atoms with van der Waals surface area (Å²) in [7, 11) is 0. The van der Waals surface area contributed by atoms with Crippen molar-refractivity contribution in [1.29, 1.82) is 0 Å². The Labute approximate surface area is 194 Å². The van der Waals surface area contributed by atoms with E-state index >= 15 is 0 Å². The number of benzene rings is 3. The average molecular weight is 446 g/mol. The number of anilines is 2. The zero-order chi connectivity index (χ0) is 22.1. The molecule has 0 unspecified atom stereocenters. The summed E-state index contributed by atoms with van der Waals surface area (Å²) in [6, 6.07) is 22.8. The standard InChI is InChI=1S/C26H27N3O2S/c27-19-13-18(17-32)14-20(15-19)28-9-11-29(12-10-28)26(30)31-16-25-23-7-3-1-5-21(23)22-6-2-4-8-24(22)25/h1-8,13-15,25,32H,9-12,16-17,27H2. The quantitative estimate of drug-likeness (QED) is 0.449. The van der Waals surface area contributed by atoms with Crippen molar-refractivity contribution < 1.29 is 9.53 Å². The lowest BCUT2D eigenvalue weighted by Gasteiger charge is -2.36. The van der Waals surface area contributed by atoms with E-state index in [1.54, 1.807) is 4.90 Å². The van der Waals surface area contributed by atoms with Crippen molar-refractivity contribution >= 4 is 30.1 Å². The minimum atomic E-state index is -0.241. The molecule has 0 radical (unpaired) electrons. The zero-order valence-electron chi connectivity index (χ0n) is 17.9. The zero-order valence-corrected chi connectivity index (χ0v) is 18.8. The van der Waals surface area contributed by atoms with Gasteiger partial charge < -0.3 is 20.3 Å². The van der Waals surface area contributed by atoms with E-state index in [-0.39, 0.29) is 12.0 Å². The molecule has 1 fully saturated rings. The number of hydrogen-bond donors (Lipinski definition) is 2. The summed E-state index contributed by atoms with van der Waals surface area (Å²) in [6.07, 6.45) is -0.241. The van der Waals surface area contributed by atoms with Crippen LogP contribution in [0.5, 0.6) is 0 Å². The molecule has 1 amide bonds. The number of rotatable bonds is 4. The van der Waals surface area contributed by atoms with E-state index in [0.29, 0.717) is 25.4 Å². The molecule has 0 aromatic heterocycles. The largest absolute Gasteiger partial charge is 0.448 e. The van der Waals surface area contributed by atoms with Gasteiger partial charge in [0.2, 0.25) is 0 Å². The molecule has 3 aromatic carbocycles. The van der Waals surface area contributed by atoms with Gasteiger partial charge in [0.1, 0.15) is 6.61 Å². The molecule has 1 aliphatic carbocycles. The number of piperazine rings is 1. The van der Waals surface area contributed by atoms with Crippen LogP contribution in [-0.4, -0.2) is 43.8 Å². The minimum absolute atomic E-state index is 0.0830. The van der Waals surface area contributed by atoms with E-state index in [2.05, 4.69) is 60.0 Å². The van der Waals surface area contributed by atoms with Crippen LogP contribution in [-0.2, 0) is 10.5 Å². The Kier molecular flexibility index (Phi) is 5.70. The maximum Gasteiger partial charge on any atom is 0.409 e. The fourth-order valence-corrected chi connectivity index (χ4v) is 4.99. The number of nitrogen functional groups attached to an aromatic ring is 1. The van der Waals surface area contributed by atoms with Gasteiger partial charge in [-0.1, -0.05) is 48.5 Å². The molecule has 0 saturated carbocycles. The van der Waals surface area contributed by atoms with Gasteiger partial charge in [-0.15, -0.1) is 0 Å². The molecule has 2 aliphatic rings. The summed E-state index contributed by atoms with van der Waals surface area (Å²) in [5, 5.41) is 0. The summed E-state index contributed by atoms with van der Waals surface area (Å²) in [6.45, 7) is 3.11. The molecule has 5 rings (SSSR count). The highest BCUT2D eigenvalue weighted by Gasteiger charge is 2.30. The third-order valence-corrected chi connectivity index (χ3v) is 6.79. The van der Waals surface area contributed by atoms with Crippen LogP contribution in [0, 0.1) is 0 Å². The second-order valence-electron chi connectivity index (χ2n) is 8.37. The van der Waals surface area contributed by atoms with Crippen LogP contribution in [0.4, 0.5) is 16.2 Å². The second-order valence-corrected chi connectivity index (χ2v) is 8.69. The molecule has 6 heteroatoms. The Morgan fingerprint density at radius 2 is 1.56 bits per heavy atom. The molecular weight excluding hydrogens is 418 g/mol. The first-order valence-corrected chi connectivity index (χ1v) is 11.6. The molecule has 1 aliphatic heterocycles. The maximum absolute atomic E-state index is 12.8. The van der Waals surface area contributed by atoms with E-state index in [1.807, 2.05) is 24.3 Å². The first-order valence-electron chi connectivity index (χ1n) is 11.0. The average Bonchev–Trinajstić information content (AvgIpc) is 3.16. The van der Waals surface area contributed by atoms with Crippen molar-refractivity contribution in [2.75, 3.05) is 43.4 Å². The van der Waals surface area contributed by atoms with E-state index in [0.717, 1.165) is 30.0 Å². The summed E-state index contributed by atoms with van der Waals surface area (Å²) in [5.74, 6) is 0.734. The van der Waals surface area contributed by atoms with Crippen molar-refractivity contribution in [3.63, 3.8) is 0 Å². The van der Waals surface area contributed by atoms with E-state index in [9.17, 15) is 4.79 Å². The molecule has 3 aromatic rings. The number of fused-ring (bicyclic) bond motifs is 3. The summed E-state index contributed by atoms with van der Waals surface area (Å²) < 4.78 is 5.81. The number of ether oxygens (including phenoxy) is 1. The normalized spacial score (nSPS) is 15.4. The SMILES string of the molecule is Nc1cc(CS)cc(N2CCN(C(=O)OCC3c4ccccc4-c4ccccc43)CC2)c1. The predicted octanol–water partition coefficient (Wildman–Crippen LogP) is 4.77. The van der Waals surface area contributed by atoms with Gasteiger partial charge in [-0.05, 0) is 46.0 Å². The van der Waals surface area contributed by atoms with Crippen molar-refractivity contribution in [2.24, 2.45) is 0 Å². The lowest BCUT2D eigenvalue weighted by atomic mass is 9.98. The Hall–Kier alpha value is -3.12. The van der Waals surface area contributed by atoms with Crippen molar-refractivity contribution in [2.45, 2.75) is 11.7 Å². The number of thiol groups is 1. The third-order valence-electron chi connectivity index (χ3n) is 6.42. The predicted molar refractivity (Wildman–Crippen MR) is 132 cm³/mol. The number of nitrogens with zero attached hydrogens (tertiary/aromatic N) is 2. The number of carbonyl (C=O) groups is 1. The lowest BCUT2D eigenvalue weighted by molar-refractivity contribution is 0.0977. The van der Waals surface area contributed by atoms with Gasteiger partial charge in [-0.3, -0.25) is 0 Å². The summed E-state index contributed by atoms with van der Waals surface area (Å²) >= 11 is 4.36. The Morgan fingerprint density at radius 3 is 2.19 bits per heavy atom. The number of hydrogen-bond acceptors (Lipinski definition) is 5. The molecule has 5 nitrogen and oxygen atoms in total. The molecule has 0 spiro atoms. The van der Waals surface area contributed by atoms with Gasteiger partial charge >= 0.3 is 6.09 Å². The van der Waals surface area contributed by atoms with Crippen LogP contribution in [0.15, 0.2) is 66.7 Å². The summed E-state index contributed by atoms with van der Waals surface area (Å²) in [4.78, 5) is 16.9. The van der Waals surface area contributed by atoms with Crippen LogP contribution >= 0.6 is 12.6 Å². The van der Waals surface area contributed by atoms with Crippen LogP contribution in [0.2, 0.25) is 0 Å². The molecule has 0 atom stereocenters. The smallest absolute Gasteiger partial charge is 0.409 e. The second kappa shape index (κ2) is 8.79. The van der Waals surface area contributed by atoms with Crippen LogP contribution in [0.1, 0.15) is 22.6 Å². The van der Waals surface area contributed by atoms with Crippen molar-refractivity contribution in [3.8, 4) is 11.1 Å².